The van der Waals surface area contributed by atoms with E-state index in [-0.39, 0.29) is 23.1 Å². The van der Waals surface area contributed by atoms with Gasteiger partial charge in [0, 0.05) is 48.2 Å². The number of aromatic nitrogens is 1. The molecule has 4 N–H and O–H groups in total. The number of carbonyl (C=O) groups excluding carboxylic acids is 4. The fourth-order valence-corrected chi connectivity index (χ4v) is 5.24. The third-order valence-electron chi connectivity index (χ3n) is 7.58. The number of hydrogen-bond acceptors (Lipinski definition) is 6. The fourth-order valence-electron chi connectivity index (χ4n) is 5.24. The topological polar surface area (TPSA) is 142 Å². The number of rotatable bonds is 7. The van der Waals surface area contributed by atoms with Gasteiger partial charge in [0.15, 0.2) is 0 Å². The van der Waals surface area contributed by atoms with Crippen LogP contribution in [0.3, 0.4) is 0 Å². The Hall–Kier alpha value is -4.97. The molecule has 1 aromatic heterocycles. The Bertz CT molecular complexity index is 1640. The van der Waals surface area contributed by atoms with E-state index < -0.39 is 17.8 Å². The minimum absolute atomic E-state index is 0.0997. The number of imide groups is 1. The highest BCUT2D eigenvalue weighted by molar-refractivity contribution is 6.35. The predicted octanol–water partition coefficient (Wildman–Crippen LogP) is 4.03. The van der Waals surface area contributed by atoms with Gasteiger partial charge in [-0.3, -0.25) is 19.7 Å². The number of carbonyl (C=O) groups is 4. The van der Waals surface area contributed by atoms with Gasteiger partial charge in [0.05, 0.1) is 37.1 Å². The summed E-state index contributed by atoms with van der Waals surface area (Å²) in [6.07, 6.45) is 2.75. The SMILES string of the molecule is COc1ccc(C(=O)NC(=O)Nc2ccc3c(c2)NC(=O)C3=Cc2[nH]c(C)c(CCC(=O)N3CCOCC3)c2C)c(F)c1. The summed E-state index contributed by atoms with van der Waals surface area (Å²) in [4.78, 5) is 55.5. The zero-order valence-corrected chi connectivity index (χ0v) is 24.1. The van der Waals surface area contributed by atoms with Crippen molar-refractivity contribution in [3.63, 3.8) is 0 Å². The van der Waals surface area contributed by atoms with Crippen LogP contribution in [0.2, 0.25) is 0 Å². The first-order valence-corrected chi connectivity index (χ1v) is 13.8. The molecule has 12 heteroatoms. The number of hydrogen-bond donors (Lipinski definition) is 4. The van der Waals surface area contributed by atoms with Gasteiger partial charge in [-0.25, -0.2) is 9.18 Å². The first-order chi connectivity index (χ1) is 20.6. The average Bonchev–Trinajstić information content (AvgIpc) is 3.44. The number of nitrogens with zero attached hydrogens (tertiary/aromatic N) is 1. The molecule has 1 fully saturated rings. The summed E-state index contributed by atoms with van der Waals surface area (Å²) >= 11 is 0. The van der Waals surface area contributed by atoms with Crippen LogP contribution in [0.1, 0.15) is 44.9 Å². The summed E-state index contributed by atoms with van der Waals surface area (Å²) in [6, 6.07) is 7.67. The van der Waals surface area contributed by atoms with Crippen molar-refractivity contribution in [2.75, 3.05) is 44.0 Å². The van der Waals surface area contributed by atoms with Crippen LogP contribution in [-0.4, -0.2) is 67.0 Å². The van der Waals surface area contributed by atoms with Gasteiger partial charge >= 0.3 is 6.03 Å². The third-order valence-corrected chi connectivity index (χ3v) is 7.58. The zero-order chi connectivity index (χ0) is 30.7. The maximum Gasteiger partial charge on any atom is 0.326 e. The number of H-pyrrole nitrogens is 1. The van der Waals surface area contributed by atoms with E-state index in [0.29, 0.717) is 61.7 Å². The van der Waals surface area contributed by atoms with Crippen molar-refractivity contribution in [3.8, 4) is 5.75 Å². The lowest BCUT2D eigenvalue weighted by Gasteiger charge is -2.26. The van der Waals surface area contributed by atoms with E-state index >= 15 is 0 Å². The van der Waals surface area contributed by atoms with Gasteiger partial charge in [-0.1, -0.05) is 6.07 Å². The Balaban J connectivity index is 1.26. The Morgan fingerprint density at radius 2 is 1.88 bits per heavy atom. The van der Waals surface area contributed by atoms with Gasteiger partial charge in [-0.2, -0.15) is 0 Å². The van der Waals surface area contributed by atoms with E-state index in [1.54, 1.807) is 24.3 Å². The van der Waals surface area contributed by atoms with Gasteiger partial charge in [-0.05, 0) is 61.7 Å². The monoisotopic (exact) mass is 589 g/mol. The number of aromatic amines is 1. The molecule has 1 saturated heterocycles. The highest BCUT2D eigenvalue weighted by Crippen LogP contribution is 2.36. The molecule has 3 heterocycles. The number of halogens is 1. The highest BCUT2D eigenvalue weighted by atomic mass is 19.1. The smallest absolute Gasteiger partial charge is 0.326 e. The molecule has 2 aromatic carbocycles. The van der Waals surface area contributed by atoms with Gasteiger partial charge < -0.3 is 30.0 Å². The number of anilines is 2. The lowest BCUT2D eigenvalue weighted by molar-refractivity contribution is -0.135. The lowest BCUT2D eigenvalue weighted by Crippen LogP contribution is -2.40. The second-order valence-corrected chi connectivity index (χ2v) is 10.3. The van der Waals surface area contributed by atoms with Crippen molar-refractivity contribution in [1.82, 2.24) is 15.2 Å². The maximum absolute atomic E-state index is 14.2. The van der Waals surface area contributed by atoms with Gasteiger partial charge in [0.2, 0.25) is 5.91 Å². The third kappa shape index (κ3) is 6.44. The van der Waals surface area contributed by atoms with Gasteiger partial charge in [0.25, 0.3) is 11.8 Å². The summed E-state index contributed by atoms with van der Waals surface area (Å²) in [5.74, 6) is -1.71. The predicted molar refractivity (Wildman–Crippen MR) is 158 cm³/mol. The summed E-state index contributed by atoms with van der Waals surface area (Å²) in [5, 5.41) is 7.42. The van der Waals surface area contributed by atoms with Crippen LogP contribution in [0.15, 0.2) is 36.4 Å². The van der Waals surface area contributed by atoms with E-state index in [9.17, 15) is 23.6 Å². The molecule has 0 saturated carbocycles. The van der Waals surface area contributed by atoms with E-state index in [2.05, 4.69) is 20.9 Å². The number of fused-ring (bicyclic) bond motifs is 1. The van der Waals surface area contributed by atoms with Crippen molar-refractivity contribution in [1.29, 1.82) is 0 Å². The molecule has 2 aliphatic heterocycles. The van der Waals surface area contributed by atoms with Gasteiger partial charge in [-0.15, -0.1) is 0 Å². The molecule has 3 aromatic rings. The fraction of sp³-hybridized carbons (Fsp3) is 0.290. The molecule has 224 valence electrons. The molecule has 0 atom stereocenters. The normalized spacial score (nSPS) is 15.2. The van der Waals surface area contributed by atoms with Gasteiger partial charge in [0.1, 0.15) is 11.6 Å². The number of methoxy groups -OCH3 is 1. The van der Waals surface area contributed by atoms with Crippen molar-refractivity contribution in [2.24, 2.45) is 0 Å². The summed E-state index contributed by atoms with van der Waals surface area (Å²) < 4.78 is 24.4. The lowest BCUT2D eigenvalue weighted by atomic mass is 10.0. The second-order valence-electron chi connectivity index (χ2n) is 10.3. The molecular formula is C31H32FN5O6. The molecule has 0 bridgehead atoms. The molecule has 0 unspecified atom stereocenters. The molecule has 5 amide bonds. The largest absolute Gasteiger partial charge is 0.497 e. The van der Waals surface area contributed by atoms with Crippen LogP contribution in [-0.2, 0) is 20.7 Å². The van der Waals surface area contributed by atoms with E-state index in [4.69, 9.17) is 9.47 Å². The summed E-state index contributed by atoms with van der Waals surface area (Å²) in [6.45, 7) is 6.25. The van der Waals surface area contributed by atoms with Crippen LogP contribution in [0.5, 0.6) is 5.75 Å². The van der Waals surface area contributed by atoms with Crippen LogP contribution in [0.4, 0.5) is 20.6 Å². The van der Waals surface area contributed by atoms with E-state index in [0.717, 1.165) is 28.6 Å². The van der Waals surface area contributed by atoms with Crippen LogP contribution < -0.4 is 20.7 Å². The molecule has 0 radical (unpaired) electrons. The number of benzene rings is 2. The molecular weight excluding hydrogens is 557 g/mol. The second kappa shape index (κ2) is 12.5. The van der Waals surface area contributed by atoms with Crippen molar-refractivity contribution >= 4 is 46.8 Å². The van der Waals surface area contributed by atoms with Crippen LogP contribution in [0, 0.1) is 19.7 Å². The Kier molecular flexibility index (Phi) is 8.58. The van der Waals surface area contributed by atoms with Crippen LogP contribution in [0.25, 0.3) is 11.6 Å². The summed E-state index contributed by atoms with van der Waals surface area (Å²) in [5.41, 5.74) is 5.30. The molecule has 0 aliphatic carbocycles. The first-order valence-electron chi connectivity index (χ1n) is 13.8. The number of amides is 5. The standard InChI is InChI=1S/C31H32FN5O6/c1-17-21(8-9-28(38)37-10-12-43-13-11-37)18(2)33-26(17)16-24-22-6-4-19(14-27(22)35-30(24)40)34-31(41)36-29(39)23-7-5-20(42-3)15-25(23)32/h4-7,14-16,33H,8-13H2,1-3H3,(H,35,40)(H2,34,36,39,41). The molecule has 43 heavy (non-hydrogen) atoms. The van der Waals surface area contributed by atoms with Crippen molar-refractivity contribution in [2.45, 2.75) is 26.7 Å². The first kappa shape index (κ1) is 29.5. The average molecular weight is 590 g/mol. The summed E-state index contributed by atoms with van der Waals surface area (Å²) in [7, 11) is 1.37. The van der Waals surface area contributed by atoms with Crippen LogP contribution >= 0.6 is 0 Å². The number of nitrogens with one attached hydrogen (secondary N) is 4. The highest BCUT2D eigenvalue weighted by Gasteiger charge is 2.26. The number of urea groups is 1. The maximum atomic E-state index is 14.2. The zero-order valence-electron chi connectivity index (χ0n) is 24.1. The van der Waals surface area contributed by atoms with E-state index in [1.165, 1.54) is 19.2 Å². The number of aryl methyl sites for hydroxylation is 1. The number of morpholine rings is 1. The molecule has 5 rings (SSSR count). The Morgan fingerprint density at radius 3 is 2.60 bits per heavy atom. The minimum atomic E-state index is -0.918. The Morgan fingerprint density at radius 1 is 1.12 bits per heavy atom. The van der Waals surface area contributed by atoms with E-state index in [1.807, 2.05) is 18.7 Å². The number of ether oxygens (including phenoxy) is 2. The minimum Gasteiger partial charge on any atom is -0.497 e. The molecule has 2 aliphatic rings. The van der Waals surface area contributed by atoms with Crippen molar-refractivity contribution in [3.05, 3.63) is 75.9 Å². The Labute approximate surface area is 247 Å². The quantitative estimate of drug-likeness (QED) is 0.307. The molecule has 0 spiro atoms. The molecule has 11 nitrogen and oxygen atoms in total. The van der Waals surface area contributed by atoms with Crippen molar-refractivity contribution < 1.29 is 33.0 Å².